The third kappa shape index (κ3) is 5.07. The van der Waals surface area contributed by atoms with Crippen molar-refractivity contribution in [1.29, 1.82) is 0 Å². The Balaban J connectivity index is 0.00000136. The molecule has 2 heterocycles. The maximum atomic E-state index is 12.7. The number of carbonyl (C=O) groups is 1. The molecule has 0 unspecified atom stereocenters. The number of amides is 1. The molecule has 1 aromatic rings. The molecule has 0 spiro atoms. The van der Waals surface area contributed by atoms with Crippen molar-refractivity contribution >= 4 is 35.9 Å². The third-order valence-electron chi connectivity index (χ3n) is 4.74. The van der Waals surface area contributed by atoms with E-state index in [0.717, 1.165) is 40.9 Å². The summed E-state index contributed by atoms with van der Waals surface area (Å²) < 4.78 is 0.829. The van der Waals surface area contributed by atoms with Crippen LogP contribution in [0.3, 0.4) is 0 Å². The Kier molecular flexibility index (Phi) is 8.36. The van der Waals surface area contributed by atoms with Crippen molar-refractivity contribution in [2.75, 3.05) is 43.4 Å². The molecule has 0 radical (unpaired) electrons. The summed E-state index contributed by atoms with van der Waals surface area (Å²) in [7, 11) is 1.86. The van der Waals surface area contributed by atoms with Gasteiger partial charge in [-0.1, -0.05) is 19.9 Å². The van der Waals surface area contributed by atoms with Gasteiger partial charge in [0.2, 0.25) is 5.84 Å². The standard InChI is InChI=1S/C16H25N7O2S.C2H6/c1-20(25-11-21-7-2-3-8-21)13-5-4-12-6-9-22(14(12)10-13)16(24)15(19-17)23(18)26;1-2/h4-5,10,26H,2-3,6-9,11,17-18H2,1H3;1-2H3/b19-15-;. The van der Waals surface area contributed by atoms with Gasteiger partial charge in [-0.15, -0.1) is 0 Å². The van der Waals surface area contributed by atoms with Gasteiger partial charge in [-0.25, -0.2) is 10.3 Å². The van der Waals surface area contributed by atoms with Crippen LogP contribution >= 0.6 is 12.8 Å². The molecule has 9 nitrogen and oxygen atoms in total. The summed E-state index contributed by atoms with van der Waals surface area (Å²) in [4.78, 5) is 22.4. The van der Waals surface area contributed by atoms with Gasteiger partial charge in [0.15, 0.2) is 0 Å². The molecule has 156 valence electrons. The molecule has 0 aromatic heterocycles. The zero-order valence-electron chi connectivity index (χ0n) is 16.8. The molecule has 28 heavy (non-hydrogen) atoms. The van der Waals surface area contributed by atoms with Crippen LogP contribution in [0.1, 0.15) is 32.3 Å². The van der Waals surface area contributed by atoms with E-state index in [2.05, 4.69) is 22.8 Å². The van der Waals surface area contributed by atoms with E-state index in [-0.39, 0.29) is 11.7 Å². The number of benzene rings is 1. The number of carbonyl (C=O) groups excluding carboxylic acids is 1. The number of anilines is 2. The van der Waals surface area contributed by atoms with E-state index in [1.807, 2.05) is 39.1 Å². The maximum absolute atomic E-state index is 12.7. The summed E-state index contributed by atoms with van der Waals surface area (Å²) in [5.74, 6) is 10.3. The van der Waals surface area contributed by atoms with Crippen LogP contribution in [0.5, 0.6) is 0 Å². The molecule has 1 aromatic carbocycles. The molecule has 2 aliphatic heterocycles. The molecule has 4 N–H and O–H groups in total. The lowest BCUT2D eigenvalue weighted by Crippen LogP contribution is -2.44. The fourth-order valence-electron chi connectivity index (χ4n) is 3.26. The van der Waals surface area contributed by atoms with Gasteiger partial charge in [0, 0.05) is 32.4 Å². The smallest absolute Gasteiger partial charge is 0.297 e. The van der Waals surface area contributed by atoms with E-state index >= 15 is 0 Å². The molecule has 1 amide bonds. The van der Waals surface area contributed by atoms with E-state index in [4.69, 9.17) is 16.5 Å². The highest BCUT2D eigenvalue weighted by molar-refractivity contribution is 7.78. The highest BCUT2D eigenvalue weighted by Gasteiger charge is 2.30. The predicted molar refractivity (Wildman–Crippen MR) is 116 cm³/mol. The molecule has 0 bridgehead atoms. The van der Waals surface area contributed by atoms with Gasteiger partial charge >= 0.3 is 0 Å². The van der Waals surface area contributed by atoms with Crippen LogP contribution in [0.15, 0.2) is 23.3 Å². The first-order valence-electron chi connectivity index (χ1n) is 9.56. The van der Waals surface area contributed by atoms with Crippen molar-refractivity contribution in [3.8, 4) is 0 Å². The van der Waals surface area contributed by atoms with Crippen molar-refractivity contribution in [2.45, 2.75) is 33.1 Å². The Bertz CT molecular complexity index is 693. The molecule has 1 saturated heterocycles. The number of thiol groups is 1. The molecule has 10 heteroatoms. The number of amidine groups is 1. The number of hydrazine groups is 1. The minimum absolute atomic E-state index is 0.120. The summed E-state index contributed by atoms with van der Waals surface area (Å²) >= 11 is 3.92. The van der Waals surface area contributed by atoms with Gasteiger partial charge in [0.05, 0.1) is 5.69 Å². The minimum atomic E-state index is -0.387. The fourth-order valence-corrected chi connectivity index (χ4v) is 3.40. The number of likely N-dealkylation sites (tertiary alicyclic amines) is 1. The molecular weight excluding hydrogens is 378 g/mol. The number of fused-ring (bicyclic) bond motifs is 1. The number of hydrazone groups is 1. The second-order valence-corrected chi connectivity index (χ2v) is 6.83. The summed E-state index contributed by atoms with van der Waals surface area (Å²) in [6.07, 6.45) is 3.20. The Morgan fingerprint density at radius 1 is 1.29 bits per heavy atom. The lowest BCUT2D eigenvalue weighted by Gasteiger charge is -2.25. The van der Waals surface area contributed by atoms with Gasteiger partial charge in [0.25, 0.3) is 5.91 Å². The normalized spacial score (nSPS) is 16.5. The first-order valence-corrected chi connectivity index (χ1v) is 9.96. The Morgan fingerprint density at radius 2 is 1.96 bits per heavy atom. The number of hydrogen-bond acceptors (Lipinski definition) is 8. The molecule has 2 aliphatic rings. The van der Waals surface area contributed by atoms with E-state index in [1.165, 1.54) is 12.8 Å². The highest BCUT2D eigenvalue weighted by Crippen LogP contribution is 2.32. The SMILES string of the molecule is CC.CN(OCN1CCCC1)c1ccc2c(c1)N(C(=O)/C(=N/N)N(N)S)CC2. The van der Waals surface area contributed by atoms with Crippen LogP contribution in [-0.2, 0) is 16.1 Å². The van der Waals surface area contributed by atoms with Crippen LogP contribution in [0.2, 0.25) is 0 Å². The minimum Gasteiger partial charge on any atom is -0.321 e. The van der Waals surface area contributed by atoms with Crippen LogP contribution in [-0.4, -0.2) is 54.5 Å². The largest absolute Gasteiger partial charge is 0.321 e. The van der Waals surface area contributed by atoms with Gasteiger partial charge in [-0.05, 0) is 49.8 Å². The summed E-state index contributed by atoms with van der Waals surface area (Å²) in [5, 5.41) is 5.17. The van der Waals surface area contributed by atoms with Crippen LogP contribution in [0.4, 0.5) is 11.4 Å². The first-order chi connectivity index (χ1) is 13.5. The van der Waals surface area contributed by atoms with E-state index in [0.29, 0.717) is 13.3 Å². The Hall–Kier alpha value is -2.01. The summed E-state index contributed by atoms with van der Waals surface area (Å²) in [6, 6.07) is 5.92. The quantitative estimate of drug-likeness (QED) is 0.226. The highest BCUT2D eigenvalue weighted by atomic mass is 32.1. The van der Waals surface area contributed by atoms with Crippen LogP contribution < -0.4 is 21.6 Å². The average Bonchev–Trinajstić information content (AvgIpc) is 3.37. The number of nitrogens with two attached hydrogens (primary N) is 2. The lowest BCUT2D eigenvalue weighted by atomic mass is 10.1. The van der Waals surface area contributed by atoms with Gasteiger partial charge in [-0.2, -0.15) is 5.10 Å². The van der Waals surface area contributed by atoms with Crippen molar-refractivity contribution in [3.05, 3.63) is 23.8 Å². The zero-order chi connectivity index (χ0) is 20.7. The number of hydroxylamine groups is 1. The van der Waals surface area contributed by atoms with Crippen molar-refractivity contribution in [1.82, 2.24) is 9.31 Å². The second-order valence-electron chi connectivity index (χ2n) is 6.40. The summed E-state index contributed by atoms with van der Waals surface area (Å²) in [6.45, 7) is 7.24. The number of hydrogen-bond donors (Lipinski definition) is 3. The zero-order valence-corrected chi connectivity index (χ0v) is 17.7. The molecule has 0 saturated carbocycles. The van der Waals surface area contributed by atoms with Crippen molar-refractivity contribution < 1.29 is 9.63 Å². The van der Waals surface area contributed by atoms with Crippen molar-refractivity contribution in [2.24, 2.45) is 16.8 Å². The molecular formula is C18H31N7O2S. The third-order valence-corrected chi connectivity index (χ3v) is 4.93. The monoisotopic (exact) mass is 409 g/mol. The van der Waals surface area contributed by atoms with Gasteiger partial charge in [0.1, 0.15) is 6.73 Å². The summed E-state index contributed by atoms with van der Waals surface area (Å²) in [5.41, 5.74) is 2.75. The Labute approximate surface area is 172 Å². The fraction of sp³-hybridized carbons (Fsp3) is 0.556. The van der Waals surface area contributed by atoms with Crippen LogP contribution in [0, 0.1) is 0 Å². The molecule has 3 rings (SSSR count). The predicted octanol–water partition coefficient (Wildman–Crippen LogP) is 1.32. The first kappa shape index (κ1) is 22.3. The van der Waals surface area contributed by atoms with E-state index in [1.54, 1.807) is 9.96 Å². The topological polar surface area (TPSA) is 104 Å². The van der Waals surface area contributed by atoms with E-state index in [9.17, 15) is 4.79 Å². The number of rotatable bonds is 4. The van der Waals surface area contributed by atoms with Gasteiger partial charge in [-0.3, -0.25) is 19.6 Å². The van der Waals surface area contributed by atoms with E-state index < -0.39 is 0 Å². The van der Waals surface area contributed by atoms with Crippen molar-refractivity contribution in [3.63, 3.8) is 0 Å². The van der Waals surface area contributed by atoms with Gasteiger partial charge < -0.3 is 10.7 Å². The average molecular weight is 410 g/mol. The lowest BCUT2D eigenvalue weighted by molar-refractivity contribution is -0.112. The number of nitrogens with zero attached hydrogens (tertiary/aromatic N) is 5. The Morgan fingerprint density at radius 3 is 2.57 bits per heavy atom. The second kappa shape index (κ2) is 10.5. The molecule has 0 aliphatic carbocycles. The molecule has 1 fully saturated rings. The van der Waals surface area contributed by atoms with Crippen LogP contribution in [0.25, 0.3) is 0 Å². The molecule has 0 atom stereocenters. The maximum Gasteiger partial charge on any atom is 0.297 e.